The highest BCUT2D eigenvalue weighted by Gasteiger charge is 2.21. The van der Waals surface area contributed by atoms with Crippen LogP contribution in [0.15, 0.2) is 34.9 Å². The molecule has 0 aliphatic rings. The van der Waals surface area contributed by atoms with Crippen molar-refractivity contribution in [2.24, 2.45) is 12.0 Å². The van der Waals surface area contributed by atoms with Gasteiger partial charge >= 0.3 is 0 Å². The van der Waals surface area contributed by atoms with Crippen LogP contribution in [0, 0.1) is 0 Å². The van der Waals surface area contributed by atoms with Crippen molar-refractivity contribution >= 4 is 17.3 Å². The summed E-state index contributed by atoms with van der Waals surface area (Å²) in [6.45, 7) is 6.17. The third-order valence-electron chi connectivity index (χ3n) is 3.57. The van der Waals surface area contributed by atoms with Gasteiger partial charge in [-0.2, -0.15) is 5.10 Å². The molecule has 0 aliphatic heterocycles. The number of aromatic nitrogens is 2. The van der Waals surface area contributed by atoms with E-state index in [0.29, 0.717) is 0 Å². The van der Waals surface area contributed by atoms with E-state index in [9.17, 15) is 0 Å². The van der Waals surface area contributed by atoms with Gasteiger partial charge in [-0.25, -0.2) is 0 Å². The average molecular weight is 319 g/mol. The zero-order valence-electron chi connectivity index (χ0n) is 13.8. The summed E-state index contributed by atoms with van der Waals surface area (Å²) in [4.78, 5) is 5.67. The summed E-state index contributed by atoms with van der Waals surface area (Å²) in [6, 6.07) is 4.29. The maximum absolute atomic E-state index is 4.29. The van der Waals surface area contributed by atoms with E-state index in [0.717, 1.165) is 25.5 Å². The molecule has 2 heterocycles. The minimum atomic E-state index is 0.0924. The molecular weight excluding hydrogens is 294 g/mol. The minimum absolute atomic E-state index is 0.0924. The van der Waals surface area contributed by atoms with E-state index in [1.807, 2.05) is 24.1 Å². The molecule has 5 nitrogen and oxygen atoms in total. The van der Waals surface area contributed by atoms with Crippen molar-refractivity contribution < 1.29 is 0 Å². The number of aliphatic imine (C=N–C) groups is 1. The molecule has 22 heavy (non-hydrogen) atoms. The van der Waals surface area contributed by atoms with E-state index in [2.05, 4.69) is 52.1 Å². The highest BCUT2D eigenvalue weighted by molar-refractivity contribution is 7.10. The Balaban J connectivity index is 1.78. The summed E-state index contributed by atoms with van der Waals surface area (Å²) in [6.07, 6.45) is 4.87. The molecule has 0 atom stereocenters. The summed E-state index contributed by atoms with van der Waals surface area (Å²) >= 11 is 1.80. The van der Waals surface area contributed by atoms with E-state index in [4.69, 9.17) is 0 Å². The van der Waals surface area contributed by atoms with E-state index in [1.165, 1.54) is 10.4 Å². The first-order valence-electron chi connectivity index (χ1n) is 7.47. The third-order valence-corrected chi connectivity index (χ3v) is 4.81. The molecule has 0 aliphatic carbocycles. The lowest BCUT2D eigenvalue weighted by atomic mass is 9.91. The SMILES string of the molecule is CN=C(NCCc1cnn(C)c1)NCC(C)(C)c1cccs1. The number of nitrogens with zero attached hydrogens (tertiary/aromatic N) is 3. The Morgan fingerprint density at radius 2 is 2.23 bits per heavy atom. The summed E-state index contributed by atoms with van der Waals surface area (Å²) in [7, 11) is 3.74. The van der Waals surface area contributed by atoms with Crippen LogP contribution in [0.4, 0.5) is 0 Å². The molecular formula is C16H25N5S. The number of nitrogens with one attached hydrogen (secondary N) is 2. The lowest BCUT2D eigenvalue weighted by Gasteiger charge is -2.25. The average Bonchev–Trinajstić information content (AvgIpc) is 3.14. The first-order valence-corrected chi connectivity index (χ1v) is 8.35. The van der Waals surface area contributed by atoms with Gasteiger partial charge in [0, 0.05) is 43.7 Å². The van der Waals surface area contributed by atoms with E-state index in [1.54, 1.807) is 18.4 Å². The number of rotatable bonds is 6. The van der Waals surface area contributed by atoms with Crippen LogP contribution in [0.1, 0.15) is 24.3 Å². The third kappa shape index (κ3) is 4.59. The van der Waals surface area contributed by atoms with Gasteiger partial charge in [-0.3, -0.25) is 9.67 Å². The lowest BCUT2D eigenvalue weighted by Crippen LogP contribution is -2.43. The maximum atomic E-state index is 4.29. The first kappa shape index (κ1) is 16.5. The van der Waals surface area contributed by atoms with Gasteiger partial charge in [-0.05, 0) is 23.4 Å². The van der Waals surface area contributed by atoms with Crippen molar-refractivity contribution in [3.63, 3.8) is 0 Å². The Hall–Kier alpha value is -1.82. The summed E-state index contributed by atoms with van der Waals surface area (Å²) < 4.78 is 1.83. The predicted octanol–water partition coefficient (Wildman–Crippen LogP) is 2.17. The Bertz CT molecular complexity index is 598. The second-order valence-electron chi connectivity index (χ2n) is 5.99. The standard InChI is InChI=1S/C16H25N5S/c1-16(2,14-6-5-9-22-14)12-19-15(17-3)18-8-7-13-10-20-21(4)11-13/h5-6,9-11H,7-8,12H2,1-4H3,(H2,17,18,19). The van der Waals surface area contributed by atoms with E-state index >= 15 is 0 Å². The number of thiophene rings is 1. The quantitative estimate of drug-likeness (QED) is 0.634. The van der Waals surface area contributed by atoms with Crippen molar-refractivity contribution in [1.29, 1.82) is 0 Å². The Morgan fingerprint density at radius 1 is 1.41 bits per heavy atom. The fourth-order valence-electron chi connectivity index (χ4n) is 2.20. The van der Waals surface area contributed by atoms with Gasteiger partial charge in [0.1, 0.15) is 0 Å². The summed E-state index contributed by atoms with van der Waals surface area (Å²) in [5.41, 5.74) is 1.32. The number of aryl methyl sites for hydroxylation is 1. The number of guanidine groups is 1. The zero-order chi connectivity index (χ0) is 16.0. The van der Waals surface area contributed by atoms with Gasteiger partial charge < -0.3 is 10.6 Å². The fourth-order valence-corrected chi connectivity index (χ4v) is 3.05. The monoisotopic (exact) mass is 319 g/mol. The number of hydrogen-bond donors (Lipinski definition) is 2. The van der Waals surface area contributed by atoms with Crippen molar-refractivity contribution in [3.8, 4) is 0 Å². The van der Waals surface area contributed by atoms with Crippen LogP contribution >= 0.6 is 11.3 Å². The molecule has 0 saturated heterocycles. The molecule has 2 aromatic heterocycles. The van der Waals surface area contributed by atoms with Crippen molar-refractivity contribution in [1.82, 2.24) is 20.4 Å². The summed E-state index contributed by atoms with van der Waals surface area (Å²) in [5, 5.41) is 13.1. The fraction of sp³-hybridized carbons (Fsp3) is 0.500. The van der Waals surface area contributed by atoms with Gasteiger partial charge in [0.2, 0.25) is 0 Å². The molecule has 0 amide bonds. The van der Waals surface area contributed by atoms with Crippen LogP contribution < -0.4 is 10.6 Å². The molecule has 6 heteroatoms. The van der Waals surface area contributed by atoms with E-state index < -0.39 is 0 Å². The second kappa shape index (κ2) is 7.45. The first-order chi connectivity index (χ1) is 10.5. The van der Waals surface area contributed by atoms with Gasteiger partial charge in [-0.1, -0.05) is 19.9 Å². The minimum Gasteiger partial charge on any atom is -0.356 e. The van der Waals surface area contributed by atoms with Crippen LogP contribution in [-0.2, 0) is 18.9 Å². The molecule has 0 aromatic carbocycles. The summed E-state index contributed by atoms with van der Waals surface area (Å²) in [5.74, 6) is 0.841. The molecule has 0 saturated carbocycles. The van der Waals surface area contributed by atoms with Gasteiger partial charge in [0.25, 0.3) is 0 Å². The topological polar surface area (TPSA) is 54.2 Å². The van der Waals surface area contributed by atoms with Crippen molar-refractivity contribution in [3.05, 3.63) is 40.3 Å². The zero-order valence-corrected chi connectivity index (χ0v) is 14.6. The molecule has 120 valence electrons. The predicted molar refractivity (Wildman–Crippen MR) is 93.6 cm³/mol. The Labute approximate surface area is 136 Å². The number of hydrogen-bond acceptors (Lipinski definition) is 3. The van der Waals surface area contributed by atoms with Gasteiger partial charge in [-0.15, -0.1) is 11.3 Å². The van der Waals surface area contributed by atoms with Gasteiger partial charge in [0.15, 0.2) is 5.96 Å². The highest BCUT2D eigenvalue weighted by Crippen LogP contribution is 2.26. The smallest absolute Gasteiger partial charge is 0.191 e. The normalized spacial score (nSPS) is 12.5. The molecule has 0 fully saturated rings. The molecule has 2 N–H and O–H groups in total. The lowest BCUT2D eigenvalue weighted by molar-refractivity contribution is 0.518. The van der Waals surface area contributed by atoms with Crippen LogP contribution in [-0.4, -0.2) is 35.9 Å². The highest BCUT2D eigenvalue weighted by atomic mass is 32.1. The Morgan fingerprint density at radius 3 is 2.82 bits per heavy atom. The molecule has 0 bridgehead atoms. The van der Waals surface area contributed by atoms with Crippen LogP contribution in [0.3, 0.4) is 0 Å². The largest absolute Gasteiger partial charge is 0.356 e. The van der Waals surface area contributed by atoms with Crippen LogP contribution in [0.5, 0.6) is 0 Å². The molecule has 2 rings (SSSR count). The maximum Gasteiger partial charge on any atom is 0.191 e. The second-order valence-corrected chi connectivity index (χ2v) is 6.93. The van der Waals surface area contributed by atoms with E-state index in [-0.39, 0.29) is 5.41 Å². The van der Waals surface area contributed by atoms with Crippen molar-refractivity contribution in [2.75, 3.05) is 20.1 Å². The molecule has 0 unspecified atom stereocenters. The Kier molecular flexibility index (Phi) is 5.60. The molecule has 0 radical (unpaired) electrons. The molecule has 2 aromatic rings. The van der Waals surface area contributed by atoms with Crippen molar-refractivity contribution in [2.45, 2.75) is 25.7 Å². The van der Waals surface area contributed by atoms with Crippen LogP contribution in [0.25, 0.3) is 0 Å². The molecule has 0 spiro atoms. The van der Waals surface area contributed by atoms with Crippen LogP contribution in [0.2, 0.25) is 0 Å². The van der Waals surface area contributed by atoms with Gasteiger partial charge in [0.05, 0.1) is 6.20 Å².